The van der Waals surface area contributed by atoms with E-state index in [0.29, 0.717) is 31.4 Å². The van der Waals surface area contributed by atoms with Gasteiger partial charge in [0.05, 0.1) is 11.3 Å². The van der Waals surface area contributed by atoms with Gasteiger partial charge in [-0.25, -0.2) is 5.43 Å². The Labute approximate surface area is 141 Å². The van der Waals surface area contributed by atoms with Gasteiger partial charge in [-0.05, 0) is 53.2 Å². The summed E-state index contributed by atoms with van der Waals surface area (Å²) < 4.78 is 0.705. The largest absolute Gasteiger partial charge is 0.272 e. The Kier molecular flexibility index (Phi) is 5.39. The van der Waals surface area contributed by atoms with Gasteiger partial charge in [-0.2, -0.15) is 5.10 Å². The van der Waals surface area contributed by atoms with Gasteiger partial charge in [0.25, 0.3) is 5.91 Å². The van der Waals surface area contributed by atoms with E-state index in [4.69, 9.17) is 23.2 Å². The van der Waals surface area contributed by atoms with Crippen molar-refractivity contribution in [2.24, 2.45) is 5.10 Å². The lowest BCUT2D eigenvalue weighted by Crippen LogP contribution is -2.19. The molecule has 0 aliphatic carbocycles. The van der Waals surface area contributed by atoms with Crippen LogP contribution < -0.4 is 5.43 Å². The maximum Gasteiger partial charge on any atom is 0.272 e. The second-order valence-corrected chi connectivity index (χ2v) is 5.94. The topological polar surface area (TPSA) is 41.5 Å². The van der Waals surface area contributed by atoms with Crippen molar-refractivity contribution >= 4 is 50.8 Å². The number of hydrogen-bond acceptors (Lipinski definition) is 2. The zero-order valence-electron chi connectivity index (χ0n) is 11.0. The van der Waals surface area contributed by atoms with Crippen molar-refractivity contribution in [1.82, 2.24) is 5.43 Å². The first-order chi connectivity index (χ1) is 9.99. The fraction of sp³-hybridized carbons (Fsp3) is 0.0667. The second kappa shape index (κ2) is 7.07. The number of rotatable bonds is 3. The molecule has 2 aromatic carbocycles. The Hall–Kier alpha value is -1.36. The molecule has 1 amide bonds. The van der Waals surface area contributed by atoms with Crippen molar-refractivity contribution in [2.45, 2.75) is 6.92 Å². The first-order valence-corrected chi connectivity index (χ1v) is 7.58. The molecule has 2 aromatic rings. The van der Waals surface area contributed by atoms with Gasteiger partial charge in [-0.1, -0.05) is 35.3 Å². The van der Waals surface area contributed by atoms with E-state index < -0.39 is 0 Å². The molecule has 0 unspecified atom stereocenters. The molecule has 0 heterocycles. The van der Waals surface area contributed by atoms with Crippen LogP contribution in [0.1, 0.15) is 22.8 Å². The van der Waals surface area contributed by atoms with Crippen molar-refractivity contribution in [3.63, 3.8) is 0 Å². The highest BCUT2D eigenvalue weighted by Gasteiger charge is 2.09. The summed E-state index contributed by atoms with van der Waals surface area (Å²) >= 11 is 15.3. The molecule has 0 spiro atoms. The van der Waals surface area contributed by atoms with Crippen molar-refractivity contribution in [3.05, 3.63) is 68.1 Å². The number of benzene rings is 2. The van der Waals surface area contributed by atoms with Crippen LogP contribution in [-0.2, 0) is 0 Å². The Morgan fingerprint density at radius 3 is 2.57 bits per heavy atom. The highest BCUT2D eigenvalue weighted by atomic mass is 79.9. The molecule has 0 saturated heterocycles. The van der Waals surface area contributed by atoms with Crippen molar-refractivity contribution < 1.29 is 4.79 Å². The molecule has 0 saturated carbocycles. The number of carbonyl (C=O) groups excluding carboxylic acids is 1. The van der Waals surface area contributed by atoms with Crippen LogP contribution in [-0.4, -0.2) is 11.6 Å². The molecule has 1 N–H and O–H groups in total. The average Bonchev–Trinajstić information content (AvgIpc) is 2.47. The maximum absolute atomic E-state index is 12.0. The quantitative estimate of drug-likeness (QED) is 0.591. The molecule has 6 heteroatoms. The van der Waals surface area contributed by atoms with Crippen LogP contribution >= 0.6 is 39.1 Å². The Morgan fingerprint density at radius 1 is 1.14 bits per heavy atom. The van der Waals surface area contributed by atoms with Crippen molar-refractivity contribution in [2.75, 3.05) is 0 Å². The van der Waals surface area contributed by atoms with Gasteiger partial charge in [0.15, 0.2) is 0 Å². The molecule has 0 aromatic heterocycles. The van der Waals surface area contributed by atoms with Crippen molar-refractivity contribution in [3.8, 4) is 0 Å². The SMILES string of the molecule is CC(=NNC(=O)c1ccccc1Br)c1cc(Cl)ccc1Cl. The van der Waals surface area contributed by atoms with Gasteiger partial charge in [0.1, 0.15) is 0 Å². The number of hydrogen-bond donors (Lipinski definition) is 1. The monoisotopic (exact) mass is 384 g/mol. The van der Waals surface area contributed by atoms with Gasteiger partial charge < -0.3 is 0 Å². The lowest BCUT2D eigenvalue weighted by atomic mass is 10.1. The molecular weight excluding hydrogens is 375 g/mol. The first-order valence-electron chi connectivity index (χ1n) is 6.03. The number of nitrogens with one attached hydrogen (secondary N) is 1. The van der Waals surface area contributed by atoms with Crippen LogP contribution in [0.2, 0.25) is 10.0 Å². The molecular formula is C15H11BrCl2N2O. The summed E-state index contributed by atoms with van der Waals surface area (Å²) in [5.74, 6) is -0.306. The minimum absolute atomic E-state index is 0.306. The minimum atomic E-state index is -0.306. The lowest BCUT2D eigenvalue weighted by molar-refractivity contribution is 0.0954. The zero-order chi connectivity index (χ0) is 15.4. The van der Waals surface area contributed by atoms with Crippen LogP contribution in [0, 0.1) is 0 Å². The summed E-state index contributed by atoms with van der Waals surface area (Å²) in [7, 11) is 0. The number of nitrogens with zero attached hydrogens (tertiary/aromatic N) is 1. The standard InChI is InChI=1S/C15H11BrCl2N2O/c1-9(12-8-10(17)6-7-14(12)18)19-20-15(21)11-4-2-3-5-13(11)16/h2-8H,1H3,(H,20,21). The van der Waals surface area contributed by atoms with Gasteiger partial charge in [0, 0.05) is 20.1 Å². The number of carbonyl (C=O) groups is 1. The van der Waals surface area contributed by atoms with E-state index in [1.54, 1.807) is 43.3 Å². The first kappa shape index (κ1) is 16.0. The molecule has 108 valence electrons. The van der Waals surface area contributed by atoms with E-state index in [-0.39, 0.29) is 5.91 Å². The fourth-order valence-electron chi connectivity index (χ4n) is 1.68. The van der Waals surface area contributed by atoms with Gasteiger partial charge in [-0.3, -0.25) is 4.79 Å². The van der Waals surface area contributed by atoms with Crippen LogP contribution in [0.15, 0.2) is 52.0 Å². The third-order valence-corrected chi connectivity index (χ3v) is 4.02. The third kappa shape index (κ3) is 4.06. The molecule has 2 rings (SSSR count). The highest BCUT2D eigenvalue weighted by molar-refractivity contribution is 9.10. The molecule has 0 fully saturated rings. The normalized spacial score (nSPS) is 11.3. The smallest absolute Gasteiger partial charge is 0.267 e. The second-order valence-electron chi connectivity index (χ2n) is 4.24. The predicted octanol–water partition coefficient (Wildman–Crippen LogP) is 4.91. The van der Waals surface area contributed by atoms with Gasteiger partial charge in [0.2, 0.25) is 0 Å². The summed E-state index contributed by atoms with van der Waals surface area (Å²) in [6, 6.07) is 12.2. The fourth-order valence-corrected chi connectivity index (χ4v) is 2.57. The van der Waals surface area contributed by atoms with Crippen LogP contribution in [0.5, 0.6) is 0 Å². The van der Waals surface area contributed by atoms with Crippen LogP contribution in [0.25, 0.3) is 0 Å². The summed E-state index contributed by atoms with van der Waals surface area (Å²) in [6.45, 7) is 1.75. The molecule has 0 bridgehead atoms. The van der Waals surface area contributed by atoms with Crippen molar-refractivity contribution in [1.29, 1.82) is 0 Å². The zero-order valence-corrected chi connectivity index (χ0v) is 14.1. The van der Waals surface area contributed by atoms with Crippen LogP contribution in [0.3, 0.4) is 0 Å². The Morgan fingerprint density at radius 2 is 1.86 bits per heavy atom. The summed E-state index contributed by atoms with van der Waals surface area (Å²) in [5, 5.41) is 5.15. The maximum atomic E-state index is 12.0. The summed E-state index contributed by atoms with van der Waals surface area (Å²) in [6.07, 6.45) is 0. The van der Waals surface area contributed by atoms with E-state index in [2.05, 4.69) is 26.5 Å². The summed E-state index contributed by atoms with van der Waals surface area (Å²) in [5.41, 5.74) is 4.26. The average molecular weight is 386 g/mol. The number of hydrazone groups is 1. The Balaban J connectivity index is 2.19. The van der Waals surface area contributed by atoms with Gasteiger partial charge in [-0.15, -0.1) is 0 Å². The molecule has 3 nitrogen and oxygen atoms in total. The third-order valence-electron chi connectivity index (χ3n) is 2.76. The minimum Gasteiger partial charge on any atom is -0.267 e. The van der Waals surface area contributed by atoms with E-state index >= 15 is 0 Å². The molecule has 21 heavy (non-hydrogen) atoms. The van der Waals surface area contributed by atoms with E-state index in [1.165, 1.54) is 0 Å². The van der Waals surface area contributed by atoms with E-state index in [0.717, 1.165) is 0 Å². The Bertz CT molecular complexity index is 717. The van der Waals surface area contributed by atoms with E-state index in [9.17, 15) is 4.79 Å². The molecule has 0 aliphatic rings. The molecule has 0 atom stereocenters. The van der Waals surface area contributed by atoms with Gasteiger partial charge >= 0.3 is 0 Å². The highest BCUT2D eigenvalue weighted by Crippen LogP contribution is 2.21. The lowest BCUT2D eigenvalue weighted by Gasteiger charge is -2.06. The predicted molar refractivity (Wildman–Crippen MR) is 90.3 cm³/mol. The number of amides is 1. The number of halogens is 3. The molecule has 0 aliphatic heterocycles. The molecule has 0 radical (unpaired) electrons. The van der Waals surface area contributed by atoms with E-state index in [1.807, 2.05) is 6.07 Å². The van der Waals surface area contributed by atoms with Crippen LogP contribution in [0.4, 0.5) is 0 Å². The summed E-state index contributed by atoms with van der Waals surface area (Å²) in [4.78, 5) is 12.0.